The van der Waals surface area contributed by atoms with Crippen LogP contribution in [-0.2, 0) is 0 Å². The van der Waals surface area contributed by atoms with E-state index in [2.05, 4.69) is 21.6 Å². The molecule has 0 aliphatic heterocycles. The van der Waals surface area contributed by atoms with Crippen molar-refractivity contribution in [3.8, 4) is 0 Å². The zero-order chi connectivity index (χ0) is 5.40. The van der Waals surface area contributed by atoms with Gasteiger partial charge in [-0.1, -0.05) is 0 Å². The molecule has 0 aliphatic rings. The smallest absolute Gasteiger partial charge is 0.286 e. The number of aromatic amines is 1. The van der Waals surface area contributed by atoms with Crippen molar-refractivity contribution < 1.29 is 4.42 Å². The summed E-state index contributed by atoms with van der Waals surface area (Å²) in [6.07, 6.45) is 3.90. The molecule has 0 fully saturated rings. The van der Waals surface area contributed by atoms with Crippen LogP contribution in [0.2, 0.25) is 0 Å². The number of hydrogen-bond acceptors (Lipinski definition) is 3. The molecular weight excluding hydrogens is 106 g/mol. The number of nitrogens with one attached hydrogen (secondary N) is 1. The highest BCUT2D eigenvalue weighted by molar-refractivity contribution is 5.65. The summed E-state index contributed by atoms with van der Waals surface area (Å²) in [6.45, 7) is 0. The molecule has 4 heteroatoms. The number of fused-ring (bicyclic) bond motifs is 1. The molecule has 2 rings (SSSR count). The third kappa shape index (κ3) is 0.294. The fourth-order valence-corrected chi connectivity index (χ4v) is 0.540. The van der Waals surface area contributed by atoms with Crippen LogP contribution in [-0.4, -0.2) is 15.2 Å². The van der Waals surface area contributed by atoms with Crippen molar-refractivity contribution >= 4 is 11.2 Å². The molecule has 0 saturated carbocycles. The van der Waals surface area contributed by atoms with Gasteiger partial charge in [0, 0.05) is 0 Å². The molecule has 0 aromatic carbocycles. The fourth-order valence-electron chi connectivity index (χ4n) is 0.540. The van der Waals surface area contributed by atoms with E-state index in [9.17, 15) is 0 Å². The molecule has 0 bridgehead atoms. The number of rotatable bonds is 0. The first-order valence-corrected chi connectivity index (χ1v) is 2.13. The molecule has 0 saturated heterocycles. The second kappa shape index (κ2) is 1.09. The van der Waals surface area contributed by atoms with Crippen molar-refractivity contribution in [2.75, 3.05) is 0 Å². The highest BCUT2D eigenvalue weighted by atomic mass is 16.3. The number of aromatic nitrogens is 3. The summed E-state index contributed by atoms with van der Waals surface area (Å²) in [6, 6.07) is 0. The van der Waals surface area contributed by atoms with Gasteiger partial charge < -0.3 is 4.42 Å². The van der Waals surface area contributed by atoms with Crippen molar-refractivity contribution in [3.05, 3.63) is 12.6 Å². The maximum absolute atomic E-state index is 4.70. The lowest BCUT2D eigenvalue weighted by atomic mass is 10.6. The predicted molar refractivity (Wildman–Crippen MR) is 25.0 cm³/mol. The summed E-state index contributed by atoms with van der Waals surface area (Å²) in [5, 5.41) is 6.25. The van der Waals surface area contributed by atoms with E-state index in [0.29, 0.717) is 11.2 Å². The third-order valence-electron chi connectivity index (χ3n) is 0.899. The van der Waals surface area contributed by atoms with Crippen molar-refractivity contribution in [1.29, 1.82) is 0 Å². The van der Waals surface area contributed by atoms with Crippen molar-refractivity contribution in [2.45, 2.75) is 0 Å². The van der Waals surface area contributed by atoms with Crippen LogP contribution in [0.1, 0.15) is 0 Å². The standard InChI is InChI=1S/C4H2N3O/c1-3-4(7-6-1)8-2-5-3/h1H,(H,6,7). The monoisotopic (exact) mass is 108 g/mol. The van der Waals surface area contributed by atoms with Gasteiger partial charge in [-0.3, -0.25) is 0 Å². The largest absolute Gasteiger partial charge is 0.414 e. The van der Waals surface area contributed by atoms with Gasteiger partial charge in [0.05, 0.1) is 6.20 Å². The Balaban J connectivity index is 3.06. The Morgan fingerprint density at radius 3 is 3.62 bits per heavy atom. The number of hydrogen-bond donors (Lipinski definition) is 1. The van der Waals surface area contributed by atoms with Gasteiger partial charge in [-0.2, -0.15) is 5.10 Å². The second-order valence-electron chi connectivity index (χ2n) is 1.39. The molecule has 2 aromatic rings. The summed E-state index contributed by atoms with van der Waals surface area (Å²) in [5.41, 5.74) is 1.29. The normalized spacial score (nSPS) is 10.5. The summed E-state index contributed by atoms with van der Waals surface area (Å²) < 4.78 is 4.70. The molecule has 1 N–H and O–H groups in total. The van der Waals surface area contributed by atoms with E-state index in [1.807, 2.05) is 0 Å². The average Bonchev–Trinajstić information content (AvgIpc) is 2.15. The Labute approximate surface area is 44.5 Å². The van der Waals surface area contributed by atoms with E-state index < -0.39 is 0 Å². The predicted octanol–water partition coefficient (Wildman–Crippen LogP) is 0.351. The van der Waals surface area contributed by atoms with E-state index >= 15 is 0 Å². The van der Waals surface area contributed by atoms with Gasteiger partial charge in [-0.15, -0.1) is 0 Å². The van der Waals surface area contributed by atoms with Gasteiger partial charge in [0.2, 0.25) is 5.71 Å². The quantitative estimate of drug-likeness (QED) is 0.529. The van der Waals surface area contributed by atoms with E-state index in [0.717, 1.165) is 0 Å². The van der Waals surface area contributed by atoms with Crippen LogP contribution in [0.25, 0.3) is 11.2 Å². The summed E-state index contributed by atoms with van der Waals surface area (Å²) in [7, 11) is 0. The second-order valence-corrected chi connectivity index (χ2v) is 1.39. The first-order valence-electron chi connectivity index (χ1n) is 2.13. The molecule has 0 aliphatic carbocycles. The molecule has 0 atom stereocenters. The minimum atomic E-state index is 0.574. The van der Waals surface area contributed by atoms with E-state index in [1.165, 1.54) is 0 Å². The van der Waals surface area contributed by atoms with Crippen LogP contribution < -0.4 is 0 Å². The van der Waals surface area contributed by atoms with Crippen molar-refractivity contribution in [3.63, 3.8) is 0 Å². The SMILES string of the molecule is [c]1nc2cn[nH]c2o1. The van der Waals surface area contributed by atoms with Crippen LogP contribution in [0, 0.1) is 6.39 Å². The molecule has 4 nitrogen and oxygen atoms in total. The van der Waals surface area contributed by atoms with E-state index in [4.69, 9.17) is 4.42 Å². The number of oxazole rings is 1. The minimum Gasteiger partial charge on any atom is -0.414 e. The van der Waals surface area contributed by atoms with Gasteiger partial charge in [-0.05, 0) is 0 Å². The van der Waals surface area contributed by atoms with Crippen LogP contribution in [0.15, 0.2) is 10.6 Å². The topological polar surface area (TPSA) is 54.7 Å². The zero-order valence-electron chi connectivity index (χ0n) is 3.88. The van der Waals surface area contributed by atoms with Gasteiger partial charge in [0.25, 0.3) is 6.39 Å². The Hall–Kier alpha value is -1.32. The van der Waals surface area contributed by atoms with E-state index in [1.54, 1.807) is 6.20 Å². The van der Waals surface area contributed by atoms with Crippen LogP contribution >= 0.6 is 0 Å². The van der Waals surface area contributed by atoms with Gasteiger partial charge in [0.1, 0.15) is 5.52 Å². The Morgan fingerprint density at radius 1 is 1.75 bits per heavy atom. The zero-order valence-corrected chi connectivity index (χ0v) is 3.88. The maximum Gasteiger partial charge on any atom is 0.286 e. The maximum atomic E-state index is 4.70. The molecule has 1 radical (unpaired) electrons. The van der Waals surface area contributed by atoms with E-state index in [-0.39, 0.29) is 0 Å². The van der Waals surface area contributed by atoms with Crippen molar-refractivity contribution in [2.24, 2.45) is 0 Å². The first-order chi connectivity index (χ1) is 3.97. The van der Waals surface area contributed by atoms with Gasteiger partial charge in [0.15, 0.2) is 0 Å². The highest BCUT2D eigenvalue weighted by Gasteiger charge is 1.95. The Bertz CT molecular complexity index is 233. The molecular formula is C4H2N3O. The minimum absolute atomic E-state index is 0.574. The molecule has 39 valence electrons. The molecule has 8 heavy (non-hydrogen) atoms. The number of H-pyrrole nitrogens is 1. The Morgan fingerprint density at radius 2 is 2.75 bits per heavy atom. The summed E-state index contributed by atoms with van der Waals surface area (Å²) in [4.78, 5) is 3.69. The van der Waals surface area contributed by atoms with Crippen LogP contribution in [0.3, 0.4) is 0 Å². The fraction of sp³-hybridized carbons (Fsp3) is 0. The first kappa shape index (κ1) is 3.65. The molecule has 0 spiro atoms. The van der Waals surface area contributed by atoms with Gasteiger partial charge in [-0.25, -0.2) is 10.1 Å². The Kier molecular flexibility index (Phi) is 0.498. The lowest BCUT2D eigenvalue weighted by Gasteiger charge is -1.63. The summed E-state index contributed by atoms with van der Waals surface area (Å²) in [5.74, 6) is 0. The third-order valence-corrected chi connectivity index (χ3v) is 0.899. The lowest BCUT2D eigenvalue weighted by molar-refractivity contribution is 0.576. The van der Waals surface area contributed by atoms with Gasteiger partial charge >= 0.3 is 0 Å². The summed E-state index contributed by atoms with van der Waals surface area (Å²) >= 11 is 0. The van der Waals surface area contributed by atoms with Crippen molar-refractivity contribution in [1.82, 2.24) is 15.2 Å². The molecule has 0 amide bonds. The molecule has 0 unspecified atom stereocenters. The van der Waals surface area contributed by atoms with Crippen LogP contribution in [0.4, 0.5) is 0 Å². The lowest BCUT2D eigenvalue weighted by Crippen LogP contribution is -1.59. The highest BCUT2D eigenvalue weighted by Crippen LogP contribution is 2.03. The van der Waals surface area contributed by atoms with Crippen LogP contribution in [0.5, 0.6) is 0 Å². The number of nitrogens with zero attached hydrogens (tertiary/aromatic N) is 2. The average molecular weight is 108 g/mol. The molecule has 2 aromatic heterocycles. The molecule has 2 heterocycles.